The van der Waals surface area contributed by atoms with Gasteiger partial charge in [0.25, 0.3) is 5.91 Å². The zero-order chi connectivity index (χ0) is 20.3. The van der Waals surface area contributed by atoms with Gasteiger partial charge in [-0.2, -0.15) is 0 Å². The minimum atomic E-state index is -0.419. The van der Waals surface area contributed by atoms with Crippen LogP contribution in [0.1, 0.15) is 33.6 Å². The molecule has 0 saturated carbocycles. The molecule has 0 unspecified atom stereocenters. The summed E-state index contributed by atoms with van der Waals surface area (Å²) in [5, 5.41) is 2.80. The predicted molar refractivity (Wildman–Crippen MR) is 106 cm³/mol. The molecule has 4 rings (SSSR count). The lowest BCUT2D eigenvalue weighted by atomic mass is 10.0. The number of rotatable bonds is 4. The van der Waals surface area contributed by atoms with E-state index in [4.69, 9.17) is 9.47 Å². The van der Waals surface area contributed by atoms with E-state index in [-0.39, 0.29) is 5.91 Å². The van der Waals surface area contributed by atoms with Crippen LogP contribution in [0, 0.1) is 0 Å². The molecule has 2 aliphatic rings. The van der Waals surface area contributed by atoms with E-state index in [1.54, 1.807) is 36.5 Å². The van der Waals surface area contributed by atoms with Gasteiger partial charge in [-0.25, -0.2) is 9.78 Å². The quantitative estimate of drug-likeness (QED) is 0.793. The third kappa shape index (κ3) is 4.23. The number of hydrogen-bond donors (Lipinski definition) is 1. The number of piperidine rings is 1. The maximum Gasteiger partial charge on any atom is 0.337 e. The normalized spacial score (nSPS) is 17.9. The minimum Gasteiger partial charge on any atom is -0.465 e. The summed E-state index contributed by atoms with van der Waals surface area (Å²) in [5.41, 5.74) is 1.47. The smallest absolute Gasteiger partial charge is 0.337 e. The van der Waals surface area contributed by atoms with Gasteiger partial charge in [-0.15, -0.1) is 0 Å². The number of carbonyl (C=O) groups is 2. The first kappa shape index (κ1) is 19.4. The number of esters is 1. The molecule has 0 radical (unpaired) electrons. The molecule has 1 N–H and O–H groups in total. The summed E-state index contributed by atoms with van der Waals surface area (Å²) in [6, 6.07) is 10.1. The first-order valence-corrected chi connectivity index (χ1v) is 9.57. The molecule has 152 valence electrons. The van der Waals surface area contributed by atoms with Crippen LogP contribution in [0.25, 0.3) is 0 Å². The summed E-state index contributed by atoms with van der Waals surface area (Å²) in [7, 11) is 1.33. The standard InChI is InChI=1S/C21H23N3O5/c1-27-20(26)15-2-5-17(6-3-15)23-19(25)16-4-7-18(22-14-16)24-10-8-21(9-11-24)28-12-13-29-21/h2-7,14H,8-13H2,1H3,(H,23,25). The molecule has 2 saturated heterocycles. The number of nitrogens with one attached hydrogen (secondary N) is 1. The first-order chi connectivity index (χ1) is 14.1. The van der Waals surface area contributed by atoms with Crippen molar-refractivity contribution in [3.63, 3.8) is 0 Å². The fourth-order valence-corrected chi connectivity index (χ4v) is 3.58. The van der Waals surface area contributed by atoms with Crippen molar-refractivity contribution in [2.24, 2.45) is 0 Å². The molecule has 0 atom stereocenters. The number of nitrogens with zero attached hydrogens (tertiary/aromatic N) is 2. The van der Waals surface area contributed by atoms with E-state index in [2.05, 4.69) is 19.9 Å². The Bertz CT molecular complexity index is 866. The van der Waals surface area contributed by atoms with Gasteiger partial charge in [0.2, 0.25) is 0 Å². The van der Waals surface area contributed by atoms with Gasteiger partial charge in [0.05, 0.1) is 31.5 Å². The first-order valence-electron chi connectivity index (χ1n) is 9.57. The zero-order valence-electron chi connectivity index (χ0n) is 16.2. The van der Waals surface area contributed by atoms with Crippen LogP contribution in [0.4, 0.5) is 11.5 Å². The van der Waals surface area contributed by atoms with Crippen molar-refractivity contribution in [2.75, 3.05) is 43.6 Å². The molecule has 3 heterocycles. The number of methoxy groups -OCH3 is 1. The van der Waals surface area contributed by atoms with E-state index in [9.17, 15) is 9.59 Å². The van der Waals surface area contributed by atoms with E-state index in [0.717, 1.165) is 31.7 Å². The van der Waals surface area contributed by atoms with Gasteiger partial charge < -0.3 is 24.4 Å². The Morgan fingerprint density at radius 3 is 2.28 bits per heavy atom. The third-order valence-corrected chi connectivity index (χ3v) is 5.24. The summed E-state index contributed by atoms with van der Waals surface area (Å²) in [4.78, 5) is 30.5. The van der Waals surface area contributed by atoms with Crippen LogP contribution in [0.15, 0.2) is 42.6 Å². The molecule has 29 heavy (non-hydrogen) atoms. The van der Waals surface area contributed by atoms with Gasteiger partial charge >= 0.3 is 5.97 Å². The van der Waals surface area contributed by atoms with Crippen molar-refractivity contribution >= 4 is 23.4 Å². The molecule has 0 aliphatic carbocycles. The number of ether oxygens (including phenoxy) is 3. The van der Waals surface area contributed by atoms with Crippen LogP contribution in [0.2, 0.25) is 0 Å². The topological polar surface area (TPSA) is 90.0 Å². The van der Waals surface area contributed by atoms with Crippen LogP contribution in [-0.2, 0) is 14.2 Å². The van der Waals surface area contributed by atoms with Crippen LogP contribution in [0.5, 0.6) is 0 Å². The summed E-state index contributed by atoms with van der Waals surface area (Å²) in [6.45, 7) is 2.91. The van der Waals surface area contributed by atoms with E-state index in [1.807, 2.05) is 6.07 Å². The molecule has 2 aliphatic heterocycles. The van der Waals surface area contributed by atoms with Crippen LogP contribution in [-0.4, -0.2) is 56.1 Å². The summed E-state index contributed by atoms with van der Waals surface area (Å²) in [6.07, 6.45) is 3.18. The number of hydrogen-bond acceptors (Lipinski definition) is 7. The lowest BCUT2D eigenvalue weighted by Crippen LogP contribution is -2.45. The highest BCUT2D eigenvalue weighted by molar-refractivity contribution is 6.04. The number of pyridine rings is 1. The van der Waals surface area contributed by atoms with Crippen LogP contribution in [0.3, 0.4) is 0 Å². The summed E-state index contributed by atoms with van der Waals surface area (Å²) >= 11 is 0. The van der Waals surface area contributed by atoms with Crippen molar-refractivity contribution in [3.8, 4) is 0 Å². The molecule has 1 aromatic carbocycles. The Morgan fingerprint density at radius 2 is 1.69 bits per heavy atom. The Morgan fingerprint density at radius 1 is 1.03 bits per heavy atom. The number of anilines is 2. The second kappa shape index (κ2) is 8.18. The predicted octanol–water partition coefficient (Wildman–Crippen LogP) is 2.46. The Kier molecular flexibility index (Phi) is 5.46. The largest absolute Gasteiger partial charge is 0.465 e. The fraction of sp³-hybridized carbons (Fsp3) is 0.381. The van der Waals surface area contributed by atoms with Gasteiger partial charge in [-0.05, 0) is 36.4 Å². The summed E-state index contributed by atoms with van der Waals surface area (Å²) in [5.74, 6) is -0.269. The molecular formula is C21H23N3O5. The number of aromatic nitrogens is 1. The van der Waals surface area contributed by atoms with Gasteiger partial charge in [-0.3, -0.25) is 4.79 Å². The second-order valence-electron chi connectivity index (χ2n) is 7.02. The second-order valence-corrected chi connectivity index (χ2v) is 7.02. The van der Waals surface area contributed by atoms with Crippen LogP contribution < -0.4 is 10.2 Å². The van der Waals surface area contributed by atoms with E-state index in [1.165, 1.54) is 7.11 Å². The zero-order valence-corrected chi connectivity index (χ0v) is 16.2. The van der Waals surface area contributed by atoms with Crippen molar-refractivity contribution in [1.29, 1.82) is 0 Å². The average Bonchev–Trinajstić information content (AvgIpc) is 3.22. The SMILES string of the molecule is COC(=O)c1ccc(NC(=O)c2ccc(N3CCC4(CC3)OCCO4)nc2)cc1. The molecule has 8 heteroatoms. The van der Waals surface area contributed by atoms with E-state index < -0.39 is 11.8 Å². The molecule has 0 bridgehead atoms. The maximum atomic E-state index is 12.5. The molecule has 1 aromatic heterocycles. The van der Waals surface area contributed by atoms with Gasteiger partial charge in [0.1, 0.15) is 5.82 Å². The Balaban J connectivity index is 1.35. The monoisotopic (exact) mass is 397 g/mol. The van der Waals surface area contributed by atoms with Crippen molar-refractivity contribution in [3.05, 3.63) is 53.7 Å². The molecule has 1 spiro atoms. The molecule has 8 nitrogen and oxygen atoms in total. The molecule has 1 amide bonds. The minimum absolute atomic E-state index is 0.264. The van der Waals surface area contributed by atoms with E-state index in [0.29, 0.717) is 30.0 Å². The highest BCUT2D eigenvalue weighted by Crippen LogP contribution is 2.32. The molecule has 2 fully saturated rings. The highest BCUT2D eigenvalue weighted by Gasteiger charge is 2.40. The average molecular weight is 397 g/mol. The third-order valence-electron chi connectivity index (χ3n) is 5.24. The maximum absolute atomic E-state index is 12.5. The van der Waals surface area contributed by atoms with Gasteiger partial charge in [0.15, 0.2) is 5.79 Å². The Labute approximate surface area is 168 Å². The van der Waals surface area contributed by atoms with E-state index >= 15 is 0 Å². The Hall–Kier alpha value is -2.97. The summed E-state index contributed by atoms with van der Waals surface area (Å²) < 4.78 is 16.2. The van der Waals surface area contributed by atoms with Crippen molar-refractivity contribution < 1.29 is 23.8 Å². The number of benzene rings is 1. The molecular weight excluding hydrogens is 374 g/mol. The number of amides is 1. The molecule has 2 aromatic rings. The van der Waals surface area contributed by atoms with Crippen molar-refractivity contribution in [1.82, 2.24) is 4.98 Å². The van der Waals surface area contributed by atoms with Crippen molar-refractivity contribution in [2.45, 2.75) is 18.6 Å². The highest BCUT2D eigenvalue weighted by atomic mass is 16.7. The fourth-order valence-electron chi connectivity index (χ4n) is 3.58. The number of carbonyl (C=O) groups excluding carboxylic acids is 2. The lowest BCUT2D eigenvalue weighted by molar-refractivity contribution is -0.169. The van der Waals surface area contributed by atoms with Gasteiger partial charge in [-0.1, -0.05) is 0 Å². The van der Waals surface area contributed by atoms with Crippen LogP contribution >= 0.6 is 0 Å². The van der Waals surface area contributed by atoms with Gasteiger partial charge in [0, 0.05) is 37.8 Å². The lowest BCUT2D eigenvalue weighted by Gasteiger charge is -2.38.